The Hall–Kier alpha value is -13.3. The maximum absolute atomic E-state index is 14.0. The van der Waals surface area contributed by atoms with Crippen LogP contribution in [0.5, 0.6) is 11.5 Å². The molecule has 0 saturated carbocycles. The number of benzene rings is 5. The van der Waals surface area contributed by atoms with Gasteiger partial charge in [0.1, 0.15) is 46.4 Å². The standard InChI is InChI=1S/C36H43N5O8S.C35H40N4O7.C24H28N4O5S.CH5NO2S/c1-36(2,3)49-35(45)40(23-24-14-16-27(48-4)17-15-24)30-22-25(18-19-37-30)21-28-31(32(42)38-50(5,46)47)41(33(28)43)34(44)39-20-10-9-13-29(39)26-11-7-6-8-12-26;1-35(2,3)46-34(44)38(22-23-13-15-26(45-4)16-14-23)29-21-24(17-18-36-29)20-27-30(32(41)42)39(31(27)40)33(43)37-19-9-8-12-28(37)25-10-6-5-7-11-25;1-16-14-17(11-12-25-16)15-19-21(22(29)26-34(2,32)33)28(23(19)30)24(31)27-13-7-6-10-20(27)18-8-4-3-5-9-18;1-5(2,3)4/h6-8,11-12,14-19,22,28-29,31H,9-10,13,20-21,23H2,1-5H3,(H,38,42);5-7,10-11,13-18,21,27-28,30H,8-9,12,19-20,22H2,1-4H3,(H,41,42);3-5,8-9,11-12,14,19-21H,6-7,10,13,15H2,1-2H3,(H,26,29);1H3,(H2,2,3,4)/t28-,29?,31+;27-,28?,30+;19-,20?,21+;/m111./s1. The third kappa shape index (κ3) is 27.3. The molecule has 6 aliphatic rings. The molecule has 0 spiro atoms. The second-order valence-corrected chi connectivity index (χ2v) is 41.1. The van der Waals surface area contributed by atoms with Gasteiger partial charge in [-0.05, 0) is 231 Å². The summed E-state index contributed by atoms with van der Waals surface area (Å²) in [5.74, 6) is -5.68. The second-order valence-electron chi connectivity index (χ2n) is 35.9. The Morgan fingerprint density at radius 1 is 0.430 bits per heavy atom. The van der Waals surface area contributed by atoms with E-state index in [1.54, 1.807) is 137 Å². The van der Waals surface area contributed by atoms with E-state index >= 15 is 0 Å². The van der Waals surface area contributed by atoms with Crippen molar-refractivity contribution in [2.45, 2.75) is 186 Å². The number of likely N-dealkylation sites (tertiary alicyclic amines) is 6. The Morgan fingerprint density at radius 2 is 0.726 bits per heavy atom. The number of nitrogens with zero attached hydrogens (tertiary/aromatic N) is 11. The molecule has 5 N–H and O–H groups in total. The number of carbonyl (C=O) groups is 11. The van der Waals surface area contributed by atoms with Crippen molar-refractivity contribution in [2.75, 3.05) is 62.4 Å². The molecular formula is C96H116N14O22S3. The molecule has 6 aliphatic heterocycles. The van der Waals surface area contributed by atoms with Crippen molar-refractivity contribution in [3.8, 4) is 11.5 Å². The number of carboxylic acid groups (broad SMARTS) is 1. The van der Waals surface area contributed by atoms with E-state index in [-0.39, 0.29) is 62.1 Å². The monoisotopic (exact) mass is 1910 g/mol. The number of β-lactam (4-membered cyclic amide) rings is 3. The van der Waals surface area contributed by atoms with Crippen LogP contribution in [0.15, 0.2) is 195 Å². The molecular weight excluding hydrogens is 1800 g/mol. The van der Waals surface area contributed by atoms with Crippen LogP contribution >= 0.6 is 0 Å². The average molecular weight is 1910 g/mol. The van der Waals surface area contributed by atoms with Crippen LogP contribution < -0.4 is 33.9 Å². The fourth-order valence-corrected chi connectivity index (χ4v) is 18.1. The van der Waals surface area contributed by atoms with Gasteiger partial charge in [-0.2, -0.15) is 0 Å². The maximum atomic E-state index is 14.0. The van der Waals surface area contributed by atoms with E-state index in [4.69, 9.17) is 18.9 Å². The first-order valence-corrected chi connectivity index (χ1v) is 49.9. The molecule has 6 fully saturated rings. The quantitative estimate of drug-likeness (QED) is 0.0458. The molecule has 39 heteroatoms. The molecule has 6 saturated heterocycles. The summed E-state index contributed by atoms with van der Waals surface area (Å²) in [5.41, 5.74) is 5.55. The van der Waals surface area contributed by atoms with Gasteiger partial charge in [0.25, 0.3) is 11.8 Å². The molecule has 9 heterocycles. The number of nitrogens with two attached hydrogens (primary N) is 1. The van der Waals surface area contributed by atoms with Crippen LogP contribution in [0.25, 0.3) is 0 Å². The van der Waals surface area contributed by atoms with E-state index in [1.807, 2.05) is 132 Å². The first-order valence-electron chi connectivity index (χ1n) is 44.1. The number of urea groups is 3. The van der Waals surface area contributed by atoms with Crippen LogP contribution in [0.3, 0.4) is 0 Å². The van der Waals surface area contributed by atoms with Crippen LogP contribution in [-0.4, -0.2) is 222 Å². The van der Waals surface area contributed by atoms with Gasteiger partial charge in [0.15, 0.2) is 6.04 Å². The molecule has 720 valence electrons. The Morgan fingerprint density at radius 3 is 1.01 bits per heavy atom. The minimum atomic E-state index is -4.00. The normalized spacial score (nSPS) is 20.0. The van der Waals surface area contributed by atoms with Crippen molar-refractivity contribution < 1.29 is 102 Å². The summed E-state index contributed by atoms with van der Waals surface area (Å²) in [6.07, 6.45) is 13.5. The van der Waals surface area contributed by atoms with Gasteiger partial charge in [-0.25, -0.2) is 74.0 Å². The number of pyridine rings is 3. The van der Waals surface area contributed by atoms with Gasteiger partial charge in [-0.1, -0.05) is 115 Å². The van der Waals surface area contributed by atoms with Crippen molar-refractivity contribution >= 4 is 107 Å². The molecule has 13 amide bonds. The highest BCUT2D eigenvalue weighted by molar-refractivity contribution is 7.89. The lowest BCUT2D eigenvalue weighted by atomic mass is 9.82. The van der Waals surface area contributed by atoms with Gasteiger partial charge in [-0.3, -0.25) is 58.0 Å². The number of nitrogens with one attached hydrogen (secondary N) is 2. The fourth-order valence-electron chi connectivity index (χ4n) is 17.1. The van der Waals surface area contributed by atoms with Crippen molar-refractivity contribution in [3.63, 3.8) is 0 Å². The number of carboxylic acids is 1. The maximum Gasteiger partial charge on any atom is 0.416 e. The summed E-state index contributed by atoms with van der Waals surface area (Å²) in [4.78, 5) is 171. The molecule has 5 aromatic carbocycles. The average Bonchev–Trinajstić information content (AvgIpc) is 0.746. The molecule has 0 aliphatic carbocycles. The first kappa shape index (κ1) is 102. The second kappa shape index (κ2) is 44.3. The van der Waals surface area contributed by atoms with Crippen LogP contribution in [0.4, 0.5) is 35.6 Å². The number of aromatic nitrogens is 3. The number of hydrogen-bond donors (Lipinski definition) is 4. The van der Waals surface area contributed by atoms with E-state index in [2.05, 4.69) is 20.1 Å². The molecule has 3 unspecified atom stereocenters. The topological polar surface area (TPSA) is 462 Å². The molecule has 8 aromatic rings. The Labute approximate surface area is 786 Å². The Balaban J connectivity index is 0.000000193. The summed E-state index contributed by atoms with van der Waals surface area (Å²) < 4.78 is 92.3. The fraction of sp³-hybridized carbons (Fsp3) is 0.417. The lowest BCUT2D eigenvalue weighted by Crippen LogP contribution is -2.71. The Kier molecular flexibility index (Phi) is 33.5. The molecule has 9 atom stereocenters. The number of sulfonamides is 3. The lowest BCUT2D eigenvalue weighted by Gasteiger charge is -2.48. The zero-order chi connectivity index (χ0) is 98.2. The van der Waals surface area contributed by atoms with Crippen molar-refractivity contribution in [2.24, 2.45) is 22.9 Å². The summed E-state index contributed by atoms with van der Waals surface area (Å²) in [7, 11) is -7.90. The van der Waals surface area contributed by atoms with E-state index in [0.717, 1.165) is 124 Å². The van der Waals surface area contributed by atoms with Crippen LogP contribution in [-0.2, 0) is 101 Å². The van der Waals surface area contributed by atoms with E-state index < -0.39 is 143 Å². The summed E-state index contributed by atoms with van der Waals surface area (Å²) >= 11 is 0. The molecule has 3 aromatic heterocycles. The SMILES string of the molecule is COc1ccc(CN(C(=O)OC(C)(C)C)c2cc(C[C@H]3C(=O)N(C(=O)N4CCCCC4c4ccccc4)[C@@H]3C(=O)NS(C)(=O)=O)ccn2)cc1.COc1ccc(CN(C(=O)OC(C)(C)C)c2cc(C[C@H]3C(=O)N(C(=O)N4CCCCC4c4ccccc4)[C@@H]3C(=O)O)ccn2)cc1.CS(N)(=O)=O.Cc1cc(C[C@H]2C(=O)N(C(=O)N3CCCCC3c3ccccc3)[C@@H]2C(=O)NS(C)(=O)=O)ccn1. The third-order valence-electron chi connectivity index (χ3n) is 23.1. The van der Waals surface area contributed by atoms with E-state index in [0.29, 0.717) is 48.7 Å². The molecule has 36 nitrogen and oxygen atoms in total. The number of hydrogen-bond acceptors (Lipinski definition) is 24. The number of piperidine rings is 3. The number of anilines is 2. The number of primary sulfonamides is 1. The van der Waals surface area contributed by atoms with Gasteiger partial charge in [0, 0.05) is 43.9 Å². The van der Waals surface area contributed by atoms with Crippen LogP contribution in [0, 0.1) is 24.7 Å². The predicted octanol–water partition coefficient (Wildman–Crippen LogP) is 11.7. The predicted molar refractivity (Wildman–Crippen MR) is 500 cm³/mol. The van der Waals surface area contributed by atoms with Gasteiger partial charge in [0.2, 0.25) is 47.8 Å². The first-order chi connectivity index (χ1) is 63.8. The smallest absolute Gasteiger partial charge is 0.416 e. The number of ether oxygens (including phenoxy) is 4. The highest BCUT2D eigenvalue weighted by atomic mass is 32.2. The number of carbonyl (C=O) groups excluding carboxylic acids is 10. The van der Waals surface area contributed by atoms with Gasteiger partial charge in [-0.15, -0.1) is 0 Å². The number of aryl methyl sites for hydroxylation is 1. The highest BCUT2D eigenvalue weighted by Gasteiger charge is 2.59. The largest absolute Gasteiger partial charge is 0.497 e. The molecule has 14 rings (SSSR count). The van der Waals surface area contributed by atoms with Gasteiger partial charge >= 0.3 is 36.2 Å². The summed E-state index contributed by atoms with van der Waals surface area (Å²) in [6.45, 7) is 13.9. The number of rotatable bonds is 22. The van der Waals surface area contributed by atoms with Crippen molar-refractivity contribution in [3.05, 3.63) is 245 Å². The summed E-state index contributed by atoms with van der Waals surface area (Å²) in [5, 5.41) is 14.5. The van der Waals surface area contributed by atoms with Crippen molar-refractivity contribution in [1.82, 2.24) is 53.8 Å². The minimum absolute atomic E-state index is 0.0210. The lowest BCUT2D eigenvalue weighted by molar-refractivity contribution is -0.166. The number of aliphatic carboxylic acids is 1. The minimum Gasteiger partial charge on any atom is -0.497 e. The van der Waals surface area contributed by atoms with Gasteiger partial charge in [0.05, 0.1) is 82.0 Å². The number of methoxy groups -OCH3 is 2. The zero-order valence-electron chi connectivity index (χ0n) is 77.4. The van der Waals surface area contributed by atoms with Crippen molar-refractivity contribution in [1.29, 1.82) is 0 Å². The number of imide groups is 3. The van der Waals surface area contributed by atoms with E-state index in [9.17, 15) is 83.1 Å². The highest BCUT2D eigenvalue weighted by Crippen LogP contribution is 2.42. The van der Waals surface area contributed by atoms with Crippen LogP contribution in [0.1, 0.15) is 168 Å². The third-order valence-corrected chi connectivity index (χ3v) is 24.3. The van der Waals surface area contributed by atoms with Crippen LogP contribution in [0.2, 0.25) is 0 Å². The molecule has 0 radical (unpaired) electrons. The summed E-state index contributed by atoms with van der Waals surface area (Å²) in [6, 6.07) is 46.8. The Bertz CT molecular complexity index is 5970. The molecule has 0 bridgehead atoms. The van der Waals surface area contributed by atoms with E-state index in [1.165, 1.54) is 22.2 Å². The zero-order valence-corrected chi connectivity index (χ0v) is 79.9. The van der Waals surface area contributed by atoms with Gasteiger partial charge < -0.3 is 38.8 Å². The number of amides is 13. The molecule has 135 heavy (non-hydrogen) atoms.